The Kier molecular flexibility index (Phi) is 7.72. The third kappa shape index (κ3) is 5.59. The molecule has 0 radical (unpaired) electrons. The number of methoxy groups -OCH3 is 1. The lowest BCUT2D eigenvalue weighted by Crippen LogP contribution is -2.27. The molecule has 0 aliphatic carbocycles. The highest BCUT2D eigenvalue weighted by atomic mass is 35.5. The number of aromatic nitrogens is 2. The summed E-state index contributed by atoms with van der Waals surface area (Å²) in [5.74, 6) is 0.563. The van der Waals surface area contributed by atoms with Crippen molar-refractivity contribution in [2.45, 2.75) is 20.0 Å². The van der Waals surface area contributed by atoms with Gasteiger partial charge in [0.25, 0.3) is 11.8 Å². The van der Waals surface area contributed by atoms with Crippen molar-refractivity contribution in [3.8, 4) is 11.5 Å². The Balaban J connectivity index is 1.77. The summed E-state index contributed by atoms with van der Waals surface area (Å²) in [6.45, 7) is 2.69. The molecule has 9 heteroatoms. The Morgan fingerprint density at radius 1 is 1.12 bits per heavy atom. The molecule has 0 unspecified atom stereocenters. The SMILES string of the molecule is CCCNC(=O)c1c(NC(=O)c2ccc(OC)c(COc3ccc(Cl)cc3)c2)cnn1C. The van der Waals surface area contributed by atoms with Gasteiger partial charge < -0.3 is 20.1 Å². The minimum absolute atomic E-state index is 0.198. The van der Waals surface area contributed by atoms with Crippen molar-refractivity contribution < 1.29 is 19.1 Å². The number of aryl methyl sites for hydroxylation is 1. The van der Waals surface area contributed by atoms with Crippen LogP contribution in [0.15, 0.2) is 48.7 Å². The van der Waals surface area contributed by atoms with Gasteiger partial charge in [0.2, 0.25) is 0 Å². The summed E-state index contributed by atoms with van der Waals surface area (Å²) in [5, 5.41) is 10.3. The van der Waals surface area contributed by atoms with E-state index in [0.717, 1.165) is 6.42 Å². The lowest BCUT2D eigenvalue weighted by Gasteiger charge is -2.13. The second kappa shape index (κ2) is 10.7. The third-order valence-electron chi connectivity index (χ3n) is 4.69. The monoisotopic (exact) mass is 456 g/mol. The minimum atomic E-state index is -0.377. The zero-order valence-corrected chi connectivity index (χ0v) is 18.9. The minimum Gasteiger partial charge on any atom is -0.496 e. The summed E-state index contributed by atoms with van der Waals surface area (Å²) in [7, 11) is 3.20. The van der Waals surface area contributed by atoms with E-state index in [1.807, 2.05) is 6.92 Å². The molecule has 2 aromatic carbocycles. The summed E-state index contributed by atoms with van der Waals surface area (Å²) in [4.78, 5) is 25.3. The van der Waals surface area contributed by atoms with Gasteiger partial charge in [0.15, 0.2) is 0 Å². The van der Waals surface area contributed by atoms with Gasteiger partial charge in [-0.05, 0) is 48.9 Å². The molecule has 0 spiro atoms. The molecule has 0 saturated heterocycles. The van der Waals surface area contributed by atoms with Crippen LogP contribution in [0.2, 0.25) is 5.02 Å². The highest BCUT2D eigenvalue weighted by Gasteiger charge is 2.19. The fourth-order valence-corrected chi connectivity index (χ4v) is 3.17. The molecule has 0 fully saturated rings. The van der Waals surface area contributed by atoms with Crippen LogP contribution in [0.1, 0.15) is 39.8 Å². The summed E-state index contributed by atoms with van der Waals surface area (Å²) in [6, 6.07) is 12.0. The Morgan fingerprint density at radius 3 is 2.56 bits per heavy atom. The maximum Gasteiger partial charge on any atom is 0.271 e. The molecule has 8 nitrogen and oxygen atoms in total. The standard InChI is InChI=1S/C23H25ClN4O4/c1-4-11-25-23(30)21-19(13-26-28(21)2)27-22(29)15-5-10-20(31-3)16(12-15)14-32-18-8-6-17(24)7-9-18/h5-10,12-13H,4,11,14H2,1-3H3,(H,25,30)(H,27,29). The molecule has 1 aromatic heterocycles. The Labute approximate surface area is 191 Å². The van der Waals surface area contributed by atoms with Crippen LogP contribution >= 0.6 is 11.6 Å². The van der Waals surface area contributed by atoms with Gasteiger partial charge in [0, 0.05) is 29.7 Å². The van der Waals surface area contributed by atoms with E-state index in [9.17, 15) is 9.59 Å². The molecule has 1 heterocycles. The first kappa shape index (κ1) is 23.1. The van der Waals surface area contributed by atoms with Crippen LogP contribution in [-0.2, 0) is 13.7 Å². The molecule has 2 N–H and O–H groups in total. The number of carbonyl (C=O) groups is 2. The molecule has 0 atom stereocenters. The third-order valence-corrected chi connectivity index (χ3v) is 4.94. The maximum absolute atomic E-state index is 12.9. The molecule has 3 rings (SSSR count). The van der Waals surface area contributed by atoms with E-state index in [-0.39, 0.29) is 24.1 Å². The van der Waals surface area contributed by atoms with Gasteiger partial charge in [0.05, 0.1) is 19.0 Å². The van der Waals surface area contributed by atoms with Crippen LogP contribution in [0.25, 0.3) is 0 Å². The second-order valence-corrected chi connectivity index (χ2v) is 7.45. The van der Waals surface area contributed by atoms with Crippen molar-refractivity contribution in [3.05, 3.63) is 70.5 Å². The molecule has 0 saturated carbocycles. The lowest BCUT2D eigenvalue weighted by atomic mass is 10.1. The van der Waals surface area contributed by atoms with Gasteiger partial charge in [-0.2, -0.15) is 5.10 Å². The van der Waals surface area contributed by atoms with Gasteiger partial charge in [-0.1, -0.05) is 18.5 Å². The molecule has 168 valence electrons. The Bertz CT molecular complexity index is 1100. The van der Waals surface area contributed by atoms with Gasteiger partial charge in [-0.3, -0.25) is 14.3 Å². The number of nitrogens with one attached hydrogen (secondary N) is 2. The van der Waals surface area contributed by atoms with Gasteiger partial charge in [0.1, 0.15) is 23.8 Å². The van der Waals surface area contributed by atoms with E-state index in [2.05, 4.69) is 15.7 Å². The van der Waals surface area contributed by atoms with Gasteiger partial charge >= 0.3 is 0 Å². The number of hydrogen-bond donors (Lipinski definition) is 2. The van der Waals surface area contributed by atoms with Crippen LogP contribution in [0.3, 0.4) is 0 Å². The summed E-state index contributed by atoms with van der Waals surface area (Å²) in [6.07, 6.45) is 2.25. The summed E-state index contributed by atoms with van der Waals surface area (Å²) < 4.78 is 12.6. The van der Waals surface area contributed by atoms with E-state index in [0.29, 0.717) is 39.9 Å². The first-order valence-corrected chi connectivity index (χ1v) is 10.5. The average Bonchev–Trinajstić information content (AvgIpc) is 3.16. The molecule has 0 aliphatic rings. The first-order chi connectivity index (χ1) is 15.4. The van der Waals surface area contributed by atoms with E-state index in [1.54, 1.807) is 56.6 Å². The van der Waals surface area contributed by atoms with Crippen molar-refractivity contribution in [1.29, 1.82) is 0 Å². The maximum atomic E-state index is 12.9. The molecule has 32 heavy (non-hydrogen) atoms. The van der Waals surface area contributed by atoms with Crippen molar-refractivity contribution in [1.82, 2.24) is 15.1 Å². The smallest absolute Gasteiger partial charge is 0.271 e. The first-order valence-electron chi connectivity index (χ1n) is 10.1. The highest BCUT2D eigenvalue weighted by molar-refractivity contribution is 6.30. The van der Waals surface area contributed by atoms with Crippen molar-refractivity contribution in [2.75, 3.05) is 19.0 Å². The van der Waals surface area contributed by atoms with Crippen LogP contribution in [0.4, 0.5) is 5.69 Å². The molecule has 0 aliphatic heterocycles. The fourth-order valence-electron chi connectivity index (χ4n) is 3.04. The van der Waals surface area contributed by atoms with Gasteiger partial charge in [-0.15, -0.1) is 0 Å². The number of nitrogens with zero attached hydrogens (tertiary/aromatic N) is 2. The number of anilines is 1. The van der Waals surface area contributed by atoms with E-state index in [1.165, 1.54) is 10.9 Å². The number of hydrogen-bond acceptors (Lipinski definition) is 5. The topological polar surface area (TPSA) is 94.5 Å². The molecular weight excluding hydrogens is 432 g/mol. The van der Waals surface area contributed by atoms with Crippen LogP contribution < -0.4 is 20.1 Å². The average molecular weight is 457 g/mol. The largest absolute Gasteiger partial charge is 0.496 e. The normalized spacial score (nSPS) is 10.5. The van der Waals surface area contributed by atoms with Crippen molar-refractivity contribution in [3.63, 3.8) is 0 Å². The zero-order valence-electron chi connectivity index (χ0n) is 18.1. The molecule has 3 aromatic rings. The van der Waals surface area contributed by atoms with E-state index >= 15 is 0 Å². The number of benzene rings is 2. The highest BCUT2D eigenvalue weighted by Crippen LogP contribution is 2.24. The van der Waals surface area contributed by atoms with Crippen LogP contribution in [0.5, 0.6) is 11.5 Å². The van der Waals surface area contributed by atoms with Crippen LogP contribution in [0, 0.1) is 0 Å². The number of ether oxygens (including phenoxy) is 2. The second-order valence-electron chi connectivity index (χ2n) is 7.01. The van der Waals surface area contributed by atoms with E-state index < -0.39 is 0 Å². The number of carbonyl (C=O) groups excluding carboxylic acids is 2. The van der Waals surface area contributed by atoms with Crippen molar-refractivity contribution >= 4 is 29.1 Å². The molecule has 2 amide bonds. The van der Waals surface area contributed by atoms with Crippen LogP contribution in [-0.4, -0.2) is 35.2 Å². The van der Waals surface area contributed by atoms with Crippen molar-refractivity contribution in [2.24, 2.45) is 7.05 Å². The summed E-state index contributed by atoms with van der Waals surface area (Å²) >= 11 is 5.90. The number of halogens is 1. The number of amides is 2. The summed E-state index contributed by atoms with van der Waals surface area (Å²) in [5.41, 5.74) is 1.71. The Morgan fingerprint density at radius 2 is 1.88 bits per heavy atom. The molecule has 0 bridgehead atoms. The zero-order chi connectivity index (χ0) is 23.1. The van der Waals surface area contributed by atoms with E-state index in [4.69, 9.17) is 21.1 Å². The lowest BCUT2D eigenvalue weighted by molar-refractivity contribution is 0.0945. The fraction of sp³-hybridized carbons (Fsp3) is 0.261. The Hall–Kier alpha value is -3.52. The number of rotatable bonds is 9. The van der Waals surface area contributed by atoms with Gasteiger partial charge in [-0.25, -0.2) is 0 Å². The molecular formula is C23H25ClN4O4. The predicted molar refractivity (Wildman–Crippen MR) is 123 cm³/mol. The predicted octanol–water partition coefficient (Wildman–Crippen LogP) is 4.05. The quantitative estimate of drug-likeness (QED) is 0.506.